The van der Waals surface area contributed by atoms with Gasteiger partial charge in [-0.1, -0.05) is 25.1 Å². The van der Waals surface area contributed by atoms with Crippen LogP contribution in [0.1, 0.15) is 18.9 Å². The van der Waals surface area contributed by atoms with Crippen LogP contribution in [0.25, 0.3) is 0 Å². The van der Waals surface area contributed by atoms with Crippen molar-refractivity contribution >= 4 is 27.1 Å². The summed E-state index contributed by atoms with van der Waals surface area (Å²) in [6.07, 6.45) is 0.599. The molecular weight excluding hydrogens is 284 g/mol. The van der Waals surface area contributed by atoms with Crippen molar-refractivity contribution in [3.8, 4) is 0 Å². The van der Waals surface area contributed by atoms with Crippen LogP contribution in [0, 0.1) is 6.92 Å². The van der Waals surface area contributed by atoms with Crippen molar-refractivity contribution in [2.45, 2.75) is 20.3 Å². The summed E-state index contributed by atoms with van der Waals surface area (Å²) in [6, 6.07) is 15.2. The Bertz CT molecular complexity index is 694. The maximum atomic E-state index is 11.7. The highest BCUT2D eigenvalue weighted by atomic mass is 32.2. The van der Waals surface area contributed by atoms with Crippen LogP contribution >= 0.6 is 0 Å². The highest BCUT2D eigenvalue weighted by molar-refractivity contribution is 7.92. The molecule has 0 spiro atoms. The van der Waals surface area contributed by atoms with Crippen LogP contribution in [0.4, 0.5) is 17.1 Å². The van der Waals surface area contributed by atoms with Gasteiger partial charge in [-0.15, -0.1) is 0 Å². The van der Waals surface area contributed by atoms with Crippen molar-refractivity contribution in [3.05, 3.63) is 54.1 Å². The van der Waals surface area contributed by atoms with Crippen molar-refractivity contribution < 1.29 is 8.42 Å². The maximum Gasteiger partial charge on any atom is 0.232 e. The van der Waals surface area contributed by atoms with E-state index in [4.69, 9.17) is 0 Å². The zero-order valence-corrected chi connectivity index (χ0v) is 13.1. The second kappa shape index (κ2) is 6.63. The zero-order chi connectivity index (χ0) is 15.3. The molecule has 0 amide bonds. The molecule has 0 heterocycles. The fraction of sp³-hybridized carbons (Fsp3) is 0.250. The Morgan fingerprint density at radius 1 is 0.952 bits per heavy atom. The van der Waals surface area contributed by atoms with Gasteiger partial charge < -0.3 is 5.32 Å². The first-order chi connectivity index (χ1) is 10.00. The average Bonchev–Trinajstić information content (AvgIpc) is 2.43. The molecule has 2 aromatic rings. The van der Waals surface area contributed by atoms with Crippen LogP contribution in [0.2, 0.25) is 0 Å². The topological polar surface area (TPSA) is 58.2 Å². The Morgan fingerprint density at radius 3 is 2.19 bits per heavy atom. The Labute approximate surface area is 126 Å². The monoisotopic (exact) mass is 304 g/mol. The van der Waals surface area contributed by atoms with Gasteiger partial charge in [0, 0.05) is 17.1 Å². The first-order valence-electron chi connectivity index (χ1n) is 6.93. The summed E-state index contributed by atoms with van der Waals surface area (Å²) in [5.41, 5.74) is 3.70. The van der Waals surface area contributed by atoms with E-state index in [1.165, 1.54) is 0 Å². The SMILES string of the molecule is CCCS(=O)(=O)Nc1ccc(Nc2ccccc2C)cc1. The lowest BCUT2D eigenvalue weighted by Gasteiger charge is -2.11. The molecule has 2 rings (SSSR count). The van der Waals surface area contributed by atoms with E-state index in [9.17, 15) is 8.42 Å². The van der Waals surface area contributed by atoms with Crippen LogP contribution in [-0.4, -0.2) is 14.2 Å². The molecule has 5 heteroatoms. The van der Waals surface area contributed by atoms with Gasteiger partial charge in [-0.05, 0) is 49.2 Å². The van der Waals surface area contributed by atoms with Crippen molar-refractivity contribution in [2.75, 3.05) is 15.8 Å². The highest BCUT2D eigenvalue weighted by Gasteiger charge is 2.08. The molecule has 0 aromatic heterocycles. The lowest BCUT2D eigenvalue weighted by Crippen LogP contribution is -2.15. The molecule has 0 atom stereocenters. The van der Waals surface area contributed by atoms with Gasteiger partial charge in [-0.25, -0.2) is 8.42 Å². The molecule has 0 aliphatic rings. The molecule has 2 aromatic carbocycles. The predicted molar refractivity (Wildman–Crippen MR) is 88.6 cm³/mol. The van der Waals surface area contributed by atoms with Crippen LogP contribution in [-0.2, 0) is 10.0 Å². The van der Waals surface area contributed by atoms with E-state index in [1.54, 1.807) is 12.1 Å². The number of hydrogen-bond acceptors (Lipinski definition) is 3. The van der Waals surface area contributed by atoms with E-state index in [-0.39, 0.29) is 5.75 Å². The minimum atomic E-state index is -3.23. The van der Waals surface area contributed by atoms with E-state index >= 15 is 0 Å². The van der Waals surface area contributed by atoms with Gasteiger partial charge in [0.25, 0.3) is 0 Å². The normalized spacial score (nSPS) is 11.1. The maximum absolute atomic E-state index is 11.7. The molecule has 0 fully saturated rings. The molecule has 4 nitrogen and oxygen atoms in total. The molecule has 2 N–H and O–H groups in total. The number of para-hydroxylation sites is 1. The second-order valence-electron chi connectivity index (χ2n) is 4.94. The Kier molecular flexibility index (Phi) is 4.85. The van der Waals surface area contributed by atoms with Gasteiger partial charge in [0.1, 0.15) is 0 Å². The fourth-order valence-corrected chi connectivity index (χ4v) is 3.12. The smallest absolute Gasteiger partial charge is 0.232 e. The molecule has 112 valence electrons. The summed E-state index contributed by atoms with van der Waals surface area (Å²) in [5, 5.41) is 3.31. The number of hydrogen-bond donors (Lipinski definition) is 2. The summed E-state index contributed by atoms with van der Waals surface area (Å²) in [6.45, 7) is 3.88. The molecule has 0 unspecified atom stereocenters. The average molecular weight is 304 g/mol. The van der Waals surface area contributed by atoms with Crippen molar-refractivity contribution in [1.82, 2.24) is 0 Å². The quantitative estimate of drug-likeness (QED) is 0.851. The van der Waals surface area contributed by atoms with Gasteiger partial charge >= 0.3 is 0 Å². The third kappa shape index (κ3) is 4.49. The van der Waals surface area contributed by atoms with Crippen molar-refractivity contribution in [1.29, 1.82) is 0 Å². The minimum absolute atomic E-state index is 0.135. The first kappa shape index (κ1) is 15.4. The standard InChI is InChI=1S/C16H20N2O2S/c1-3-12-21(19,20)18-15-10-8-14(9-11-15)17-16-7-5-4-6-13(16)2/h4-11,17-18H,3,12H2,1-2H3. The third-order valence-electron chi connectivity index (χ3n) is 3.06. The number of anilines is 3. The summed E-state index contributed by atoms with van der Waals surface area (Å²) >= 11 is 0. The fourth-order valence-electron chi connectivity index (χ4n) is 1.99. The van der Waals surface area contributed by atoms with Gasteiger partial charge in [0.15, 0.2) is 0 Å². The number of benzene rings is 2. The van der Waals surface area contributed by atoms with Crippen molar-refractivity contribution in [2.24, 2.45) is 0 Å². The predicted octanol–water partition coefficient (Wildman–Crippen LogP) is 3.89. The first-order valence-corrected chi connectivity index (χ1v) is 8.58. The number of aryl methyl sites for hydroxylation is 1. The van der Waals surface area contributed by atoms with Crippen molar-refractivity contribution in [3.63, 3.8) is 0 Å². The van der Waals surface area contributed by atoms with Crippen LogP contribution in [0.5, 0.6) is 0 Å². The molecule has 0 aliphatic heterocycles. The molecule has 21 heavy (non-hydrogen) atoms. The summed E-state index contributed by atoms with van der Waals surface area (Å²) < 4.78 is 26.0. The van der Waals surface area contributed by atoms with Gasteiger partial charge in [-0.2, -0.15) is 0 Å². The van der Waals surface area contributed by atoms with Gasteiger partial charge in [0.2, 0.25) is 10.0 Å². The number of sulfonamides is 1. The molecule has 0 radical (unpaired) electrons. The minimum Gasteiger partial charge on any atom is -0.355 e. The van der Waals surface area contributed by atoms with E-state index in [0.29, 0.717) is 12.1 Å². The van der Waals surface area contributed by atoms with E-state index in [0.717, 1.165) is 16.9 Å². The van der Waals surface area contributed by atoms with Crippen LogP contribution < -0.4 is 10.0 Å². The molecule has 0 bridgehead atoms. The second-order valence-corrected chi connectivity index (χ2v) is 6.78. The molecule has 0 saturated heterocycles. The summed E-state index contributed by atoms with van der Waals surface area (Å²) in [5.74, 6) is 0.135. The van der Waals surface area contributed by atoms with Gasteiger partial charge in [0.05, 0.1) is 5.75 Å². The van der Waals surface area contributed by atoms with Gasteiger partial charge in [-0.3, -0.25) is 4.72 Å². The van der Waals surface area contributed by atoms with Crippen LogP contribution in [0.3, 0.4) is 0 Å². The Hall–Kier alpha value is -2.01. The number of rotatable bonds is 6. The highest BCUT2D eigenvalue weighted by Crippen LogP contribution is 2.21. The summed E-state index contributed by atoms with van der Waals surface area (Å²) in [7, 11) is -3.23. The van der Waals surface area contributed by atoms with E-state index < -0.39 is 10.0 Å². The molecular formula is C16H20N2O2S. The van der Waals surface area contributed by atoms with Crippen LogP contribution in [0.15, 0.2) is 48.5 Å². The molecule has 0 aliphatic carbocycles. The Morgan fingerprint density at radius 2 is 1.57 bits per heavy atom. The largest absolute Gasteiger partial charge is 0.355 e. The lowest BCUT2D eigenvalue weighted by molar-refractivity contribution is 0.600. The zero-order valence-electron chi connectivity index (χ0n) is 12.3. The van der Waals surface area contributed by atoms with E-state index in [2.05, 4.69) is 10.0 Å². The summed E-state index contributed by atoms with van der Waals surface area (Å²) in [4.78, 5) is 0. The Balaban J connectivity index is 2.08. The van der Waals surface area contributed by atoms with E-state index in [1.807, 2.05) is 50.2 Å². The number of nitrogens with one attached hydrogen (secondary N) is 2. The molecule has 0 saturated carbocycles. The third-order valence-corrected chi connectivity index (χ3v) is 4.55. The lowest BCUT2D eigenvalue weighted by atomic mass is 10.2.